The minimum atomic E-state index is -1.09. The van der Waals surface area contributed by atoms with Gasteiger partial charge < -0.3 is 19.2 Å². The molecule has 0 aliphatic carbocycles. The summed E-state index contributed by atoms with van der Waals surface area (Å²) in [5, 5.41) is 10.8. The number of ether oxygens (including phenoxy) is 1. The van der Waals surface area contributed by atoms with Gasteiger partial charge in [-0.2, -0.15) is 0 Å². The van der Waals surface area contributed by atoms with Crippen LogP contribution in [0, 0.1) is 0 Å². The Hall–Kier alpha value is -2.30. The summed E-state index contributed by atoms with van der Waals surface area (Å²) >= 11 is 0. The Morgan fingerprint density at radius 2 is 2.17 bits per heavy atom. The molecule has 1 heterocycles. The fourth-order valence-electron chi connectivity index (χ4n) is 1.83. The predicted molar refractivity (Wildman–Crippen MR) is 63.0 cm³/mol. The Bertz CT molecular complexity index is 506. The van der Waals surface area contributed by atoms with Crippen molar-refractivity contribution in [3.05, 3.63) is 48.5 Å². The molecule has 1 unspecified atom stereocenters. The predicted octanol–water partition coefficient (Wildman–Crippen LogP) is 0.621. The quantitative estimate of drug-likeness (QED) is 0.774. The van der Waals surface area contributed by atoms with Crippen LogP contribution in [0.25, 0.3) is 0 Å². The van der Waals surface area contributed by atoms with Crippen LogP contribution in [0.3, 0.4) is 0 Å². The van der Waals surface area contributed by atoms with Gasteiger partial charge in [-0.1, -0.05) is 12.1 Å². The van der Waals surface area contributed by atoms with Gasteiger partial charge in [0, 0.05) is 24.8 Å². The van der Waals surface area contributed by atoms with Crippen molar-refractivity contribution in [3.63, 3.8) is 0 Å². The number of methoxy groups -OCH3 is 1. The minimum Gasteiger partial charge on any atom is -0.550 e. The van der Waals surface area contributed by atoms with E-state index in [0.29, 0.717) is 0 Å². The molecule has 2 aromatic rings. The average molecular weight is 245 g/mol. The standard InChI is InChI=1S/C13H14N2O3/c1-18-11-4-2-10(3-5-11)12(8-13(16)17)15-7-6-14-9-15/h2-7,9,12H,8H2,1H3,(H,16,17)/p-1. The molecule has 0 bridgehead atoms. The lowest BCUT2D eigenvalue weighted by Gasteiger charge is -2.19. The van der Waals surface area contributed by atoms with Crippen molar-refractivity contribution in [2.24, 2.45) is 0 Å². The normalized spacial score (nSPS) is 12.1. The van der Waals surface area contributed by atoms with Gasteiger partial charge in [0.2, 0.25) is 0 Å². The van der Waals surface area contributed by atoms with Gasteiger partial charge in [-0.3, -0.25) is 0 Å². The van der Waals surface area contributed by atoms with Gasteiger partial charge in [0.25, 0.3) is 0 Å². The Morgan fingerprint density at radius 3 is 2.67 bits per heavy atom. The summed E-state index contributed by atoms with van der Waals surface area (Å²) < 4.78 is 6.82. The van der Waals surface area contributed by atoms with E-state index in [2.05, 4.69) is 4.98 Å². The smallest absolute Gasteiger partial charge is 0.118 e. The number of carbonyl (C=O) groups is 1. The molecule has 1 atom stereocenters. The van der Waals surface area contributed by atoms with E-state index in [1.54, 1.807) is 42.5 Å². The highest BCUT2D eigenvalue weighted by Gasteiger charge is 2.13. The number of carbonyl (C=O) groups excluding carboxylic acids is 1. The second kappa shape index (κ2) is 5.35. The highest BCUT2D eigenvalue weighted by atomic mass is 16.5. The van der Waals surface area contributed by atoms with Gasteiger partial charge in [-0.25, -0.2) is 4.98 Å². The van der Waals surface area contributed by atoms with Gasteiger partial charge in [0.05, 0.1) is 19.5 Å². The van der Waals surface area contributed by atoms with Crippen molar-refractivity contribution in [1.82, 2.24) is 9.55 Å². The molecule has 0 saturated heterocycles. The van der Waals surface area contributed by atoms with Crippen molar-refractivity contribution < 1.29 is 14.6 Å². The van der Waals surface area contributed by atoms with Crippen LogP contribution in [0.4, 0.5) is 0 Å². The Labute approximate surface area is 105 Å². The monoisotopic (exact) mass is 245 g/mol. The van der Waals surface area contributed by atoms with Crippen LogP contribution < -0.4 is 9.84 Å². The van der Waals surface area contributed by atoms with E-state index < -0.39 is 5.97 Å². The fourth-order valence-corrected chi connectivity index (χ4v) is 1.83. The van der Waals surface area contributed by atoms with Crippen LogP contribution in [0.2, 0.25) is 0 Å². The molecule has 0 radical (unpaired) electrons. The van der Waals surface area contributed by atoms with E-state index in [-0.39, 0.29) is 12.5 Å². The third-order valence-electron chi connectivity index (χ3n) is 2.75. The maximum Gasteiger partial charge on any atom is 0.118 e. The zero-order chi connectivity index (χ0) is 13.0. The molecule has 18 heavy (non-hydrogen) atoms. The van der Waals surface area contributed by atoms with Crippen molar-refractivity contribution >= 4 is 5.97 Å². The molecule has 0 fully saturated rings. The number of rotatable bonds is 5. The van der Waals surface area contributed by atoms with Gasteiger partial charge >= 0.3 is 0 Å². The van der Waals surface area contributed by atoms with Crippen LogP contribution >= 0.6 is 0 Å². The van der Waals surface area contributed by atoms with Gasteiger partial charge in [0.15, 0.2) is 0 Å². The summed E-state index contributed by atoms with van der Waals surface area (Å²) in [6.45, 7) is 0. The first kappa shape index (κ1) is 12.2. The average Bonchev–Trinajstić information content (AvgIpc) is 2.89. The summed E-state index contributed by atoms with van der Waals surface area (Å²) in [7, 11) is 1.59. The number of carboxylic acids is 1. The SMILES string of the molecule is COc1ccc(C(CC(=O)[O-])n2ccnc2)cc1. The van der Waals surface area contributed by atoms with E-state index in [9.17, 15) is 9.90 Å². The lowest BCUT2D eigenvalue weighted by Crippen LogP contribution is -2.26. The van der Waals surface area contributed by atoms with Crippen LogP contribution in [0.5, 0.6) is 5.75 Å². The second-order valence-corrected chi connectivity index (χ2v) is 3.87. The van der Waals surface area contributed by atoms with Crippen LogP contribution in [-0.2, 0) is 4.79 Å². The van der Waals surface area contributed by atoms with Crippen molar-refractivity contribution in [3.8, 4) is 5.75 Å². The molecule has 94 valence electrons. The van der Waals surface area contributed by atoms with Gasteiger partial charge in [0.1, 0.15) is 5.75 Å². The fraction of sp³-hybridized carbons (Fsp3) is 0.231. The third kappa shape index (κ3) is 2.68. The number of hydrogen-bond donors (Lipinski definition) is 0. The molecule has 1 aromatic heterocycles. The van der Waals surface area contributed by atoms with E-state index in [4.69, 9.17) is 4.74 Å². The molecule has 0 aliphatic heterocycles. The number of hydrogen-bond acceptors (Lipinski definition) is 4. The Morgan fingerprint density at radius 1 is 1.44 bits per heavy atom. The molecule has 0 spiro atoms. The molecular formula is C13H13N2O3-. The first-order valence-electron chi connectivity index (χ1n) is 5.52. The molecule has 5 nitrogen and oxygen atoms in total. The van der Waals surface area contributed by atoms with Crippen molar-refractivity contribution in [2.45, 2.75) is 12.5 Å². The van der Waals surface area contributed by atoms with E-state index in [1.807, 2.05) is 12.1 Å². The Balaban J connectivity index is 2.30. The van der Waals surface area contributed by atoms with Crippen LogP contribution in [0.15, 0.2) is 43.0 Å². The van der Waals surface area contributed by atoms with Crippen LogP contribution in [0.1, 0.15) is 18.0 Å². The van der Waals surface area contributed by atoms with E-state index >= 15 is 0 Å². The first-order valence-corrected chi connectivity index (χ1v) is 5.52. The van der Waals surface area contributed by atoms with Crippen molar-refractivity contribution in [2.75, 3.05) is 7.11 Å². The molecular weight excluding hydrogens is 232 g/mol. The number of imidazole rings is 1. The summed E-state index contributed by atoms with van der Waals surface area (Å²) in [5.74, 6) is -0.360. The maximum atomic E-state index is 10.8. The summed E-state index contributed by atoms with van der Waals surface area (Å²) in [4.78, 5) is 14.8. The number of benzene rings is 1. The van der Waals surface area contributed by atoms with Gasteiger partial charge in [-0.05, 0) is 17.7 Å². The summed E-state index contributed by atoms with van der Waals surface area (Å²) in [6.07, 6.45) is 4.85. The Kier molecular flexibility index (Phi) is 3.62. The zero-order valence-electron chi connectivity index (χ0n) is 9.95. The molecule has 0 amide bonds. The van der Waals surface area contributed by atoms with E-state index in [0.717, 1.165) is 11.3 Å². The largest absolute Gasteiger partial charge is 0.550 e. The van der Waals surface area contributed by atoms with Crippen LogP contribution in [-0.4, -0.2) is 22.6 Å². The molecule has 0 N–H and O–H groups in total. The first-order chi connectivity index (χ1) is 8.70. The third-order valence-corrected chi connectivity index (χ3v) is 2.75. The van der Waals surface area contributed by atoms with Gasteiger partial charge in [-0.15, -0.1) is 0 Å². The lowest BCUT2D eigenvalue weighted by atomic mass is 10.0. The molecule has 1 aromatic carbocycles. The number of aromatic nitrogens is 2. The second-order valence-electron chi connectivity index (χ2n) is 3.87. The lowest BCUT2D eigenvalue weighted by molar-refractivity contribution is -0.306. The summed E-state index contributed by atoms with van der Waals surface area (Å²) in [6, 6.07) is 6.96. The number of carboxylic acid groups (broad SMARTS) is 1. The number of aliphatic carboxylic acids is 1. The molecule has 0 aliphatic rings. The molecule has 5 heteroatoms. The maximum absolute atomic E-state index is 10.8. The topological polar surface area (TPSA) is 67.2 Å². The highest BCUT2D eigenvalue weighted by Crippen LogP contribution is 2.23. The zero-order valence-corrected chi connectivity index (χ0v) is 9.95. The summed E-state index contributed by atoms with van der Waals surface area (Å²) in [5.41, 5.74) is 0.873. The highest BCUT2D eigenvalue weighted by molar-refractivity contribution is 5.65. The minimum absolute atomic E-state index is 0.0946. The van der Waals surface area contributed by atoms with Crippen molar-refractivity contribution in [1.29, 1.82) is 0 Å². The molecule has 0 saturated carbocycles. The number of nitrogens with zero attached hydrogens (tertiary/aromatic N) is 2. The van der Waals surface area contributed by atoms with E-state index in [1.165, 1.54) is 0 Å². The molecule has 2 rings (SSSR count).